The predicted molar refractivity (Wildman–Crippen MR) is 86.3 cm³/mol. The van der Waals surface area contributed by atoms with Crippen molar-refractivity contribution in [3.8, 4) is 0 Å². The highest BCUT2D eigenvalue weighted by atomic mass is 35.5. The maximum atomic E-state index is 6.21. The Labute approximate surface area is 126 Å². The first-order valence-corrected chi connectivity index (χ1v) is 7.83. The van der Waals surface area contributed by atoms with Crippen molar-refractivity contribution in [3.05, 3.63) is 35.0 Å². The molecule has 0 amide bonds. The van der Waals surface area contributed by atoms with Gasteiger partial charge in [0.25, 0.3) is 0 Å². The van der Waals surface area contributed by atoms with E-state index in [1.807, 2.05) is 18.2 Å². The zero-order valence-electron chi connectivity index (χ0n) is 12.7. The van der Waals surface area contributed by atoms with Gasteiger partial charge in [-0.1, -0.05) is 51.4 Å². The van der Waals surface area contributed by atoms with E-state index in [1.165, 1.54) is 0 Å². The van der Waals surface area contributed by atoms with Crippen LogP contribution in [0, 0.1) is 11.8 Å². The van der Waals surface area contributed by atoms with Crippen molar-refractivity contribution < 1.29 is 4.42 Å². The Kier molecular flexibility index (Phi) is 5.11. The summed E-state index contributed by atoms with van der Waals surface area (Å²) >= 11 is 6.21. The lowest BCUT2D eigenvalue weighted by Crippen LogP contribution is -2.29. The van der Waals surface area contributed by atoms with E-state index in [0.717, 1.165) is 29.7 Å². The number of para-hydroxylation sites is 1. The van der Waals surface area contributed by atoms with E-state index < -0.39 is 0 Å². The van der Waals surface area contributed by atoms with Crippen LogP contribution in [0.25, 0.3) is 11.0 Å². The first kappa shape index (κ1) is 15.4. The van der Waals surface area contributed by atoms with Crippen LogP contribution in [0.1, 0.15) is 45.9 Å². The molecule has 0 bridgehead atoms. The van der Waals surface area contributed by atoms with Gasteiger partial charge in [0.1, 0.15) is 5.76 Å². The molecule has 2 nitrogen and oxygen atoms in total. The Bertz CT molecular complexity index is 561. The van der Waals surface area contributed by atoms with Gasteiger partial charge in [-0.05, 0) is 36.9 Å². The van der Waals surface area contributed by atoms with Crippen LogP contribution in [0.3, 0.4) is 0 Å². The average molecular weight is 294 g/mol. The first-order valence-electron chi connectivity index (χ1n) is 7.46. The standard InChI is InChI=1S/C17H24ClNO/c1-5-9-19-16(12(4)11(2)3)15-10-13-7-6-8-14(18)17(13)20-15/h6-8,10-12,16,19H,5,9H2,1-4H3. The zero-order chi connectivity index (χ0) is 14.7. The third-order valence-corrected chi connectivity index (χ3v) is 4.31. The number of benzene rings is 1. The Morgan fingerprint density at radius 3 is 2.60 bits per heavy atom. The molecule has 0 aliphatic carbocycles. The molecule has 2 unspecified atom stereocenters. The van der Waals surface area contributed by atoms with Crippen molar-refractivity contribution in [2.75, 3.05) is 6.54 Å². The van der Waals surface area contributed by atoms with Crippen molar-refractivity contribution >= 4 is 22.6 Å². The largest absolute Gasteiger partial charge is 0.458 e. The molecule has 3 heteroatoms. The zero-order valence-corrected chi connectivity index (χ0v) is 13.5. The van der Waals surface area contributed by atoms with Gasteiger partial charge < -0.3 is 9.73 Å². The maximum absolute atomic E-state index is 6.21. The summed E-state index contributed by atoms with van der Waals surface area (Å²) in [6, 6.07) is 8.24. The summed E-state index contributed by atoms with van der Waals surface area (Å²) in [6.07, 6.45) is 1.11. The third kappa shape index (κ3) is 3.18. The summed E-state index contributed by atoms with van der Waals surface area (Å²) in [5.74, 6) is 2.08. The highest BCUT2D eigenvalue weighted by molar-refractivity contribution is 6.34. The van der Waals surface area contributed by atoms with Gasteiger partial charge in [-0.3, -0.25) is 0 Å². The molecular formula is C17H24ClNO. The monoisotopic (exact) mass is 293 g/mol. The fraction of sp³-hybridized carbons (Fsp3) is 0.529. The minimum atomic E-state index is 0.235. The second-order valence-electron chi connectivity index (χ2n) is 5.84. The Hall–Kier alpha value is -0.990. The van der Waals surface area contributed by atoms with Crippen LogP contribution in [-0.2, 0) is 0 Å². The van der Waals surface area contributed by atoms with Gasteiger partial charge in [-0.15, -0.1) is 0 Å². The molecule has 2 rings (SSSR count). The van der Waals surface area contributed by atoms with Gasteiger partial charge in [-0.25, -0.2) is 0 Å². The van der Waals surface area contributed by atoms with Gasteiger partial charge in [-0.2, -0.15) is 0 Å². The van der Waals surface area contributed by atoms with Crippen LogP contribution in [0.2, 0.25) is 5.02 Å². The molecule has 0 saturated carbocycles. The second kappa shape index (κ2) is 6.64. The van der Waals surface area contributed by atoms with Crippen LogP contribution in [0.15, 0.2) is 28.7 Å². The molecule has 2 aromatic rings. The lowest BCUT2D eigenvalue weighted by molar-refractivity contribution is 0.272. The van der Waals surface area contributed by atoms with Crippen molar-refractivity contribution in [1.29, 1.82) is 0 Å². The fourth-order valence-electron chi connectivity index (χ4n) is 2.43. The topological polar surface area (TPSA) is 25.2 Å². The third-order valence-electron chi connectivity index (χ3n) is 4.01. The summed E-state index contributed by atoms with van der Waals surface area (Å²) in [7, 11) is 0. The van der Waals surface area contributed by atoms with E-state index in [2.05, 4.69) is 39.1 Å². The molecule has 0 spiro atoms. The van der Waals surface area contributed by atoms with Crippen LogP contribution in [-0.4, -0.2) is 6.54 Å². The summed E-state index contributed by atoms with van der Waals surface area (Å²) in [6.45, 7) is 9.95. The lowest BCUT2D eigenvalue weighted by Gasteiger charge is -2.26. The molecule has 1 aromatic carbocycles. The van der Waals surface area contributed by atoms with E-state index in [9.17, 15) is 0 Å². The van der Waals surface area contributed by atoms with E-state index in [-0.39, 0.29) is 6.04 Å². The summed E-state index contributed by atoms with van der Waals surface area (Å²) in [5.41, 5.74) is 0.795. The molecule has 0 aliphatic heterocycles. The molecule has 0 saturated heterocycles. The van der Waals surface area contributed by atoms with Crippen molar-refractivity contribution in [2.45, 2.75) is 40.2 Å². The first-order chi connectivity index (χ1) is 9.54. The van der Waals surface area contributed by atoms with Gasteiger partial charge in [0.05, 0.1) is 11.1 Å². The van der Waals surface area contributed by atoms with Crippen LogP contribution < -0.4 is 5.32 Å². The summed E-state index contributed by atoms with van der Waals surface area (Å²) < 4.78 is 6.03. The molecule has 1 heterocycles. The second-order valence-corrected chi connectivity index (χ2v) is 6.25. The average Bonchev–Trinajstić information content (AvgIpc) is 2.84. The molecule has 20 heavy (non-hydrogen) atoms. The van der Waals surface area contributed by atoms with Gasteiger partial charge in [0, 0.05) is 5.39 Å². The number of nitrogens with one attached hydrogen (secondary N) is 1. The molecule has 0 fully saturated rings. The molecule has 2 atom stereocenters. The van der Waals surface area contributed by atoms with Crippen molar-refractivity contribution in [3.63, 3.8) is 0 Å². The molecule has 1 aromatic heterocycles. The molecule has 110 valence electrons. The highest BCUT2D eigenvalue weighted by Gasteiger charge is 2.25. The van der Waals surface area contributed by atoms with Gasteiger partial charge >= 0.3 is 0 Å². The minimum Gasteiger partial charge on any atom is -0.458 e. The predicted octanol–water partition coefficient (Wildman–Crippen LogP) is 5.42. The van der Waals surface area contributed by atoms with Crippen LogP contribution >= 0.6 is 11.6 Å². The molecule has 0 radical (unpaired) electrons. The van der Waals surface area contributed by atoms with E-state index in [1.54, 1.807) is 0 Å². The smallest absolute Gasteiger partial charge is 0.152 e. The molecule has 0 aliphatic rings. The van der Waals surface area contributed by atoms with E-state index in [0.29, 0.717) is 16.9 Å². The highest BCUT2D eigenvalue weighted by Crippen LogP contribution is 2.34. The van der Waals surface area contributed by atoms with Crippen molar-refractivity contribution in [1.82, 2.24) is 5.32 Å². The fourth-order valence-corrected chi connectivity index (χ4v) is 2.65. The normalized spacial score (nSPS) is 14.9. The Morgan fingerprint density at radius 2 is 2.00 bits per heavy atom. The number of hydrogen-bond acceptors (Lipinski definition) is 2. The molecule has 1 N–H and O–H groups in total. The number of fused-ring (bicyclic) bond motifs is 1. The van der Waals surface area contributed by atoms with E-state index >= 15 is 0 Å². The van der Waals surface area contributed by atoms with Gasteiger partial charge in [0.2, 0.25) is 0 Å². The summed E-state index contributed by atoms with van der Waals surface area (Å²) in [4.78, 5) is 0. The van der Waals surface area contributed by atoms with E-state index in [4.69, 9.17) is 16.0 Å². The van der Waals surface area contributed by atoms with Crippen LogP contribution in [0.5, 0.6) is 0 Å². The summed E-state index contributed by atoms with van der Waals surface area (Å²) in [5, 5.41) is 5.37. The minimum absolute atomic E-state index is 0.235. The number of halogens is 1. The lowest BCUT2D eigenvalue weighted by atomic mass is 9.88. The number of rotatable bonds is 6. The maximum Gasteiger partial charge on any atom is 0.152 e. The SMILES string of the molecule is CCCNC(c1cc2cccc(Cl)c2o1)C(C)C(C)C. The quantitative estimate of drug-likeness (QED) is 0.769. The van der Waals surface area contributed by atoms with Gasteiger partial charge in [0.15, 0.2) is 5.58 Å². The van der Waals surface area contributed by atoms with Crippen molar-refractivity contribution in [2.24, 2.45) is 11.8 Å². The Balaban J connectivity index is 2.37. The number of hydrogen-bond donors (Lipinski definition) is 1. The number of furan rings is 1. The Morgan fingerprint density at radius 1 is 1.25 bits per heavy atom. The molecular weight excluding hydrogens is 270 g/mol. The van der Waals surface area contributed by atoms with Crippen LogP contribution in [0.4, 0.5) is 0 Å².